The Morgan fingerprint density at radius 2 is 1.50 bits per heavy atom. The zero-order valence-electron chi connectivity index (χ0n) is 15.5. The van der Waals surface area contributed by atoms with Gasteiger partial charge in [0.15, 0.2) is 11.5 Å². The molecule has 0 radical (unpaired) electrons. The molecular weight excluding hydrogens is 336 g/mol. The zero-order valence-corrected chi connectivity index (χ0v) is 15.5. The van der Waals surface area contributed by atoms with Crippen LogP contribution in [-0.2, 0) is 11.2 Å². The molecule has 0 aliphatic rings. The predicted octanol–water partition coefficient (Wildman–Crippen LogP) is 3.66. The molecule has 0 unspecified atom stereocenters. The summed E-state index contributed by atoms with van der Waals surface area (Å²) in [6, 6.07) is 8.92. The van der Waals surface area contributed by atoms with Crippen LogP contribution in [0.4, 0.5) is 0 Å². The number of hydrogen-bond acceptors (Lipinski definition) is 5. The molecule has 0 amide bonds. The van der Waals surface area contributed by atoms with Gasteiger partial charge in [0.25, 0.3) is 0 Å². The number of hydrogen-bond donors (Lipinski definition) is 1. The second kappa shape index (κ2) is 9.10. The molecule has 6 heteroatoms. The average Bonchev–Trinajstić information content (AvgIpc) is 2.66. The first-order valence-electron chi connectivity index (χ1n) is 8.20. The molecule has 0 saturated carbocycles. The first kappa shape index (κ1) is 19.6. The zero-order chi connectivity index (χ0) is 19.1. The molecule has 0 aliphatic heterocycles. The van der Waals surface area contributed by atoms with Gasteiger partial charge in [-0.1, -0.05) is 6.07 Å². The predicted molar refractivity (Wildman–Crippen MR) is 98.7 cm³/mol. The van der Waals surface area contributed by atoms with Crippen LogP contribution in [0.25, 0.3) is 11.1 Å². The number of carbonyl (C=O) groups is 1. The summed E-state index contributed by atoms with van der Waals surface area (Å²) in [6.45, 7) is 0.622. The highest BCUT2D eigenvalue weighted by atomic mass is 16.5. The van der Waals surface area contributed by atoms with Crippen molar-refractivity contribution in [1.29, 1.82) is 0 Å². The monoisotopic (exact) mass is 360 g/mol. The van der Waals surface area contributed by atoms with Crippen molar-refractivity contribution >= 4 is 5.97 Å². The Labute approximate surface area is 153 Å². The van der Waals surface area contributed by atoms with Gasteiger partial charge in [-0.05, 0) is 53.8 Å². The van der Waals surface area contributed by atoms with Gasteiger partial charge in [0.05, 0.1) is 26.9 Å². The Bertz CT molecular complexity index is 744. The number of ether oxygens (including phenoxy) is 4. The molecule has 0 fully saturated rings. The van der Waals surface area contributed by atoms with Gasteiger partial charge in [-0.2, -0.15) is 0 Å². The molecular formula is C20H24O6. The maximum absolute atomic E-state index is 11.5. The molecule has 0 spiro atoms. The summed E-state index contributed by atoms with van der Waals surface area (Å²) >= 11 is 0. The van der Waals surface area contributed by atoms with Crippen molar-refractivity contribution in [2.45, 2.75) is 12.8 Å². The van der Waals surface area contributed by atoms with Crippen molar-refractivity contribution in [1.82, 2.24) is 0 Å². The van der Waals surface area contributed by atoms with E-state index in [9.17, 15) is 9.90 Å². The SMILES string of the molecule is COCCCc1cc(C(=O)O)cc(-c2cc(OC)c(OC)c(OC)c2)c1. The molecule has 2 aromatic rings. The van der Waals surface area contributed by atoms with Crippen molar-refractivity contribution < 1.29 is 28.8 Å². The van der Waals surface area contributed by atoms with Crippen LogP contribution < -0.4 is 14.2 Å². The summed E-state index contributed by atoms with van der Waals surface area (Å²) in [4.78, 5) is 11.5. The Hall–Kier alpha value is -2.73. The van der Waals surface area contributed by atoms with Gasteiger partial charge in [0.1, 0.15) is 0 Å². The van der Waals surface area contributed by atoms with E-state index in [1.54, 1.807) is 52.7 Å². The fourth-order valence-electron chi connectivity index (χ4n) is 2.79. The van der Waals surface area contributed by atoms with Crippen LogP contribution in [0.5, 0.6) is 17.2 Å². The van der Waals surface area contributed by atoms with Crippen LogP contribution in [0.2, 0.25) is 0 Å². The second-order valence-electron chi connectivity index (χ2n) is 5.73. The highest BCUT2D eigenvalue weighted by molar-refractivity contribution is 5.90. The lowest BCUT2D eigenvalue weighted by molar-refractivity contribution is 0.0697. The number of carboxylic acid groups (broad SMARTS) is 1. The van der Waals surface area contributed by atoms with Crippen molar-refractivity contribution in [3.63, 3.8) is 0 Å². The Morgan fingerprint density at radius 1 is 0.885 bits per heavy atom. The van der Waals surface area contributed by atoms with Gasteiger partial charge < -0.3 is 24.1 Å². The third-order valence-corrected chi connectivity index (χ3v) is 4.05. The highest BCUT2D eigenvalue weighted by Crippen LogP contribution is 2.41. The van der Waals surface area contributed by atoms with Gasteiger partial charge in [-0.25, -0.2) is 4.79 Å². The number of carboxylic acids is 1. The maximum Gasteiger partial charge on any atom is 0.335 e. The van der Waals surface area contributed by atoms with Crippen molar-refractivity contribution in [3.05, 3.63) is 41.5 Å². The third-order valence-electron chi connectivity index (χ3n) is 4.05. The molecule has 0 bridgehead atoms. The summed E-state index contributed by atoms with van der Waals surface area (Å²) in [6.07, 6.45) is 1.54. The van der Waals surface area contributed by atoms with E-state index >= 15 is 0 Å². The van der Waals surface area contributed by atoms with E-state index in [2.05, 4.69) is 0 Å². The Morgan fingerprint density at radius 3 is 2.00 bits per heavy atom. The van der Waals surface area contributed by atoms with Gasteiger partial charge in [0.2, 0.25) is 5.75 Å². The minimum Gasteiger partial charge on any atom is -0.493 e. The van der Waals surface area contributed by atoms with E-state index in [-0.39, 0.29) is 5.56 Å². The first-order chi connectivity index (χ1) is 12.5. The van der Waals surface area contributed by atoms with E-state index in [1.165, 1.54) is 0 Å². The van der Waals surface area contributed by atoms with Crippen LogP contribution in [0, 0.1) is 0 Å². The van der Waals surface area contributed by atoms with Gasteiger partial charge in [-0.15, -0.1) is 0 Å². The Kier molecular flexibility index (Phi) is 6.86. The molecule has 140 valence electrons. The number of rotatable bonds is 9. The standard InChI is InChI=1S/C20H24O6/c1-23-7-5-6-13-8-14(10-16(9-13)20(21)22)15-11-17(24-2)19(26-4)18(12-15)25-3/h8-12H,5-7H2,1-4H3,(H,21,22). The highest BCUT2D eigenvalue weighted by Gasteiger charge is 2.16. The average molecular weight is 360 g/mol. The fraction of sp³-hybridized carbons (Fsp3) is 0.350. The van der Waals surface area contributed by atoms with Gasteiger partial charge >= 0.3 is 5.97 Å². The van der Waals surface area contributed by atoms with E-state index in [0.29, 0.717) is 23.9 Å². The van der Waals surface area contributed by atoms with Gasteiger partial charge in [-0.3, -0.25) is 0 Å². The largest absolute Gasteiger partial charge is 0.493 e. The van der Waals surface area contributed by atoms with Crippen molar-refractivity contribution in [3.8, 4) is 28.4 Å². The molecule has 6 nitrogen and oxygen atoms in total. The smallest absolute Gasteiger partial charge is 0.335 e. The van der Waals surface area contributed by atoms with E-state index in [1.807, 2.05) is 6.07 Å². The molecule has 26 heavy (non-hydrogen) atoms. The topological polar surface area (TPSA) is 74.2 Å². The Balaban J connectivity index is 2.53. The molecule has 2 aromatic carbocycles. The molecule has 0 heterocycles. The summed E-state index contributed by atoms with van der Waals surface area (Å²) < 4.78 is 21.2. The normalized spacial score (nSPS) is 10.5. The van der Waals surface area contributed by atoms with Crippen LogP contribution in [-0.4, -0.2) is 46.1 Å². The number of aromatic carboxylic acids is 1. The van der Waals surface area contributed by atoms with Crippen LogP contribution in [0.1, 0.15) is 22.3 Å². The van der Waals surface area contributed by atoms with E-state index < -0.39 is 5.97 Å². The summed E-state index contributed by atoms with van der Waals surface area (Å²) in [5.41, 5.74) is 2.74. The second-order valence-corrected chi connectivity index (χ2v) is 5.73. The minimum atomic E-state index is -0.965. The number of benzene rings is 2. The number of methoxy groups -OCH3 is 4. The van der Waals surface area contributed by atoms with Crippen LogP contribution in [0.3, 0.4) is 0 Å². The van der Waals surface area contributed by atoms with E-state index in [0.717, 1.165) is 29.5 Å². The van der Waals surface area contributed by atoms with Crippen LogP contribution >= 0.6 is 0 Å². The van der Waals surface area contributed by atoms with Crippen molar-refractivity contribution in [2.75, 3.05) is 35.0 Å². The fourth-order valence-corrected chi connectivity index (χ4v) is 2.79. The lowest BCUT2D eigenvalue weighted by Gasteiger charge is -2.15. The molecule has 0 saturated heterocycles. The van der Waals surface area contributed by atoms with E-state index in [4.69, 9.17) is 18.9 Å². The molecule has 0 aromatic heterocycles. The summed E-state index contributed by atoms with van der Waals surface area (Å²) in [5.74, 6) is 0.563. The van der Waals surface area contributed by atoms with Crippen LogP contribution in [0.15, 0.2) is 30.3 Å². The maximum atomic E-state index is 11.5. The molecule has 0 atom stereocenters. The van der Waals surface area contributed by atoms with Crippen molar-refractivity contribution in [2.24, 2.45) is 0 Å². The minimum absolute atomic E-state index is 0.240. The lowest BCUT2D eigenvalue weighted by atomic mass is 9.97. The molecule has 0 aliphatic carbocycles. The number of aryl methyl sites for hydroxylation is 1. The molecule has 2 rings (SSSR count). The molecule has 1 N–H and O–H groups in total. The van der Waals surface area contributed by atoms with Gasteiger partial charge in [0, 0.05) is 13.7 Å². The quantitative estimate of drug-likeness (QED) is 0.688. The third kappa shape index (κ3) is 4.46. The summed E-state index contributed by atoms with van der Waals surface area (Å²) in [7, 11) is 6.28. The lowest BCUT2D eigenvalue weighted by Crippen LogP contribution is -2.01. The first-order valence-corrected chi connectivity index (χ1v) is 8.20. The summed E-state index contributed by atoms with van der Waals surface area (Å²) in [5, 5.41) is 9.44.